The quantitative estimate of drug-likeness (QED) is 0.121. The average molecular weight is 788 g/mol. The van der Waals surface area contributed by atoms with Gasteiger partial charge in [-0.1, -0.05) is 0 Å². The molecule has 0 radical (unpaired) electrons. The van der Waals surface area contributed by atoms with E-state index >= 15 is 0 Å². The molecular formula is C40H54B2N4O3Te. The Morgan fingerprint density at radius 2 is 0.780 bits per heavy atom. The summed E-state index contributed by atoms with van der Waals surface area (Å²) in [6.45, 7) is 17.4. The van der Waals surface area contributed by atoms with Crippen LogP contribution in [-0.2, 0) is 27.1 Å². The first kappa shape index (κ1) is 38.1. The summed E-state index contributed by atoms with van der Waals surface area (Å²) in [7, 11) is 0. The van der Waals surface area contributed by atoms with Crippen molar-refractivity contribution in [2.45, 2.75) is 67.2 Å². The van der Waals surface area contributed by atoms with Crippen molar-refractivity contribution in [1.29, 1.82) is 0 Å². The third-order valence-electron chi connectivity index (χ3n) is 9.04. The van der Waals surface area contributed by atoms with Crippen LogP contribution in [0.4, 0.5) is 22.7 Å². The van der Waals surface area contributed by atoms with Crippen molar-refractivity contribution in [1.82, 2.24) is 0 Å². The average Bonchev–Trinajstić information content (AvgIpc) is 3.54. The molecule has 0 unspecified atom stereocenters. The van der Waals surface area contributed by atoms with Crippen molar-refractivity contribution >= 4 is 85.6 Å². The van der Waals surface area contributed by atoms with Gasteiger partial charge in [-0.3, -0.25) is 0 Å². The molecule has 1 aliphatic carbocycles. The van der Waals surface area contributed by atoms with Gasteiger partial charge >= 0.3 is 216 Å². The Balaban J connectivity index is 0.000000276. The molecule has 3 heterocycles. The minimum absolute atomic E-state index is 0.179. The summed E-state index contributed by atoms with van der Waals surface area (Å²) >= 11 is -0.517. The van der Waals surface area contributed by atoms with E-state index in [1.54, 1.807) is 18.1 Å². The fraction of sp³-hybridized carbons (Fsp3) is 0.400. The molecule has 4 aromatic carbocycles. The van der Waals surface area contributed by atoms with Crippen LogP contribution >= 0.6 is 0 Å². The van der Waals surface area contributed by atoms with E-state index in [9.17, 15) is 0 Å². The molecule has 1 aromatic heterocycles. The van der Waals surface area contributed by atoms with Crippen molar-refractivity contribution in [3.05, 3.63) is 83.9 Å². The number of rotatable bonds is 8. The van der Waals surface area contributed by atoms with E-state index in [4.69, 9.17) is 14.2 Å². The van der Waals surface area contributed by atoms with Crippen LogP contribution in [0.15, 0.2) is 72.8 Å². The number of anilines is 4. The van der Waals surface area contributed by atoms with Gasteiger partial charge in [0.2, 0.25) is 0 Å². The van der Waals surface area contributed by atoms with E-state index in [1.165, 1.54) is 70.0 Å². The molecule has 0 spiro atoms. The molecular weight excluding hydrogens is 734 g/mol. The molecule has 7 nitrogen and oxygen atoms in total. The van der Waals surface area contributed by atoms with Gasteiger partial charge in [0.05, 0.1) is 0 Å². The van der Waals surface area contributed by atoms with E-state index in [1.807, 2.05) is 41.5 Å². The summed E-state index contributed by atoms with van der Waals surface area (Å²) < 4.78 is 17.8. The summed E-state index contributed by atoms with van der Waals surface area (Å²) in [6.07, 6.45) is 5.03. The predicted molar refractivity (Wildman–Crippen MR) is 220 cm³/mol. The molecule has 0 saturated heterocycles. The van der Waals surface area contributed by atoms with E-state index in [-0.39, 0.29) is 14.0 Å². The first-order valence-corrected chi connectivity index (χ1v) is 20.9. The molecule has 264 valence electrons. The third kappa shape index (κ3) is 9.02. The second-order valence-electron chi connectivity index (χ2n) is 12.2. The van der Waals surface area contributed by atoms with Gasteiger partial charge in [0, 0.05) is 39.6 Å². The van der Waals surface area contributed by atoms with Gasteiger partial charge in [-0.2, -0.15) is 0 Å². The molecule has 3 aliphatic rings. The molecule has 0 fully saturated rings. The van der Waals surface area contributed by atoms with Gasteiger partial charge in [-0.15, -0.1) is 0 Å². The summed E-state index contributed by atoms with van der Waals surface area (Å²) in [5, 5.41) is 20.8. The SMILES string of the molecule is CCOCC.CCOCC.CCOCC.c1cc2c3c(cccc3c1)NB(c1[te]c(B3Nc4cccc5cccc(c45)N3)c3c1CCCC3)N2. The maximum absolute atomic E-state index is 4.83. The number of ether oxygens (including phenoxy) is 3. The second kappa shape index (κ2) is 19.5. The van der Waals surface area contributed by atoms with E-state index < -0.39 is 20.4 Å². The van der Waals surface area contributed by atoms with Crippen LogP contribution < -0.4 is 27.9 Å². The van der Waals surface area contributed by atoms with E-state index in [0.717, 1.165) is 39.6 Å². The molecule has 0 bridgehead atoms. The first-order valence-electron chi connectivity index (χ1n) is 18.5. The van der Waals surface area contributed by atoms with Crippen molar-refractivity contribution in [3.8, 4) is 0 Å². The van der Waals surface area contributed by atoms with E-state index in [0.29, 0.717) is 0 Å². The van der Waals surface area contributed by atoms with Crippen molar-refractivity contribution in [2.75, 3.05) is 60.6 Å². The van der Waals surface area contributed by atoms with Crippen molar-refractivity contribution in [3.63, 3.8) is 0 Å². The van der Waals surface area contributed by atoms with Crippen molar-refractivity contribution < 1.29 is 14.2 Å². The Kier molecular flexibility index (Phi) is 14.8. The number of fused-ring (bicyclic) bond motifs is 1. The molecule has 10 heteroatoms. The standard InChI is InChI=1S/C28H24B2N4Te.3C4H10O/c1-2-12-20-19(11-1)27(29-31-21-13-3-7-17-8-4-14-22(32-29)25(17)21)35-28(20)30-33-23-15-5-9-18-10-6-16-24(34-30)26(18)23;3*1-3-5-4-2/h3-10,13-16,31-34H,1-2,11-12H2;3*3-4H2,1-2H3. The van der Waals surface area contributed by atoms with Crippen LogP contribution in [0.1, 0.15) is 65.5 Å². The number of hydrogen-bond acceptors (Lipinski definition) is 7. The Morgan fingerprint density at radius 3 is 1.04 bits per heavy atom. The molecule has 50 heavy (non-hydrogen) atoms. The molecule has 8 rings (SSSR count). The maximum atomic E-state index is 4.83. The summed E-state index contributed by atoms with van der Waals surface area (Å²) in [4.78, 5) is 0. The number of benzene rings is 4. The van der Waals surface area contributed by atoms with Gasteiger partial charge in [-0.25, -0.2) is 0 Å². The third-order valence-corrected chi connectivity index (χ3v) is 13.0. The second-order valence-corrected chi connectivity index (χ2v) is 15.3. The van der Waals surface area contributed by atoms with Crippen LogP contribution in [0.25, 0.3) is 21.5 Å². The zero-order chi connectivity index (χ0) is 35.3. The summed E-state index contributed by atoms with van der Waals surface area (Å²) in [5.41, 5.74) is 8.30. The zero-order valence-electron chi connectivity index (χ0n) is 30.8. The Hall–Kier alpha value is -3.12. The fourth-order valence-corrected chi connectivity index (χ4v) is 10.9. The topological polar surface area (TPSA) is 75.8 Å². The van der Waals surface area contributed by atoms with Gasteiger partial charge in [0.15, 0.2) is 0 Å². The fourth-order valence-electron chi connectivity index (χ4n) is 6.89. The van der Waals surface area contributed by atoms with Gasteiger partial charge in [0.1, 0.15) is 0 Å². The van der Waals surface area contributed by atoms with Crippen LogP contribution in [0.3, 0.4) is 0 Å². The summed E-state index contributed by atoms with van der Waals surface area (Å²) in [6, 6.07) is 26.4. The Bertz CT molecular complexity index is 1600. The molecule has 0 saturated carbocycles. The Morgan fingerprint density at radius 1 is 0.480 bits per heavy atom. The Labute approximate surface area is 310 Å². The molecule has 0 amide bonds. The van der Waals surface area contributed by atoms with E-state index in [2.05, 4.69) is 93.7 Å². The van der Waals surface area contributed by atoms with Gasteiger partial charge in [0.25, 0.3) is 0 Å². The first-order chi connectivity index (χ1) is 24.6. The van der Waals surface area contributed by atoms with Crippen LogP contribution in [0, 0.1) is 0 Å². The van der Waals surface area contributed by atoms with Gasteiger partial charge < -0.3 is 14.2 Å². The van der Waals surface area contributed by atoms with Crippen LogP contribution in [0.2, 0.25) is 0 Å². The van der Waals surface area contributed by atoms with Crippen LogP contribution in [-0.4, -0.2) is 74.0 Å². The molecule has 2 aliphatic heterocycles. The molecule has 5 aromatic rings. The predicted octanol–water partition coefficient (Wildman–Crippen LogP) is 7.52. The number of hydrogen-bond donors (Lipinski definition) is 4. The normalized spacial score (nSPS) is 13.6. The molecule has 4 N–H and O–H groups in total. The summed E-state index contributed by atoms with van der Waals surface area (Å²) in [5.74, 6) is 0. The number of nitrogens with one attached hydrogen (secondary N) is 4. The zero-order valence-corrected chi connectivity index (χ0v) is 33.1. The van der Waals surface area contributed by atoms with Crippen LogP contribution in [0.5, 0.6) is 0 Å². The minimum atomic E-state index is -0.517. The monoisotopic (exact) mass is 790 g/mol. The van der Waals surface area contributed by atoms with Crippen molar-refractivity contribution in [2.24, 2.45) is 0 Å². The molecule has 0 atom stereocenters. The van der Waals surface area contributed by atoms with Gasteiger partial charge in [-0.05, 0) is 41.5 Å².